The Labute approximate surface area is 93.3 Å². The van der Waals surface area contributed by atoms with Gasteiger partial charge in [-0.25, -0.2) is 4.98 Å². The van der Waals surface area contributed by atoms with Crippen molar-refractivity contribution >= 4 is 22.7 Å². The maximum absolute atomic E-state index is 8.78. The third-order valence-electron chi connectivity index (χ3n) is 2.20. The molecule has 3 heteroatoms. The zero-order valence-corrected chi connectivity index (χ0v) is 9.42. The van der Waals surface area contributed by atoms with Gasteiger partial charge in [-0.1, -0.05) is 18.2 Å². The smallest absolute Gasteiger partial charge is 0.0997 e. The summed E-state index contributed by atoms with van der Waals surface area (Å²) in [4.78, 5) is 4.56. The van der Waals surface area contributed by atoms with Gasteiger partial charge in [0.2, 0.25) is 0 Å². The maximum Gasteiger partial charge on any atom is 0.0997 e. The lowest BCUT2D eigenvalue weighted by Crippen LogP contribution is -1.91. The van der Waals surface area contributed by atoms with Crippen molar-refractivity contribution in [3.05, 3.63) is 35.9 Å². The minimum Gasteiger partial charge on any atom is -0.396 e. The number of aliphatic hydroxyl groups excluding tert-OH is 1. The summed E-state index contributed by atoms with van der Waals surface area (Å²) in [5, 5.41) is 11.0. The van der Waals surface area contributed by atoms with Crippen LogP contribution in [0.15, 0.2) is 35.4 Å². The van der Waals surface area contributed by atoms with E-state index in [0.29, 0.717) is 5.75 Å². The SMILES string of the molecule is Cc1cc2ccccc2nc1SCCO. The van der Waals surface area contributed by atoms with E-state index < -0.39 is 0 Å². The number of para-hydroxylation sites is 1. The molecular weight excluding hydrogens is 206 g/mol. The molecule has 2 nitrogen and oxygen atoms in total. The number of fused-ring (bicyclic) bond motifs is 1. The molecule has 1 aromatic carbocycles. The van der Waals surface area contributed by atoms with E-state index in [2.05, 4.69) is 24.0 Å². The number of aromatic nitrogens is 1. The van der Waals surface area contributed by atoms with Gasteiger partial charge in [0.05, 0.1) is 17.1 Å². The number of pyridine rings is 1. The summed E-state index contributed by atoms with van der Waals surface area (Å²) in [6.07, 6.45) is 0. The lowest BCUT2D eigenvalue weighted by molar-refractivity contribution is 0.322. The molecule has 0 amide bonds. The topological polar surface area (TPSA) is 33.1 Å². The molecule has 0 spiro atoms. The molecule has 0 saturated heterocycles. The van der Waals surface area contributed by atoms with Crippen molar-refractivity contribution in [2.75, 3.05) is 12.4 Å². The first-order valence-electron chi connectivity index (χ1n) is 4.91. The van der Waals surface area contributed by atoms with Crippen LogP contribution >= 0.6 is 11.8 Å². The summed E-state index contributed by atoms with van der Waals surface area (Å²) in [6, 6.07) is 10.2. The van der Waals surface area contributed by atoms with Crippen molar-refractivity contribution in [3.63, 3.8) is 0 Å². The van der Waals surface area contributed by atoms with Gasteiger partial charge in [0.1, 0.15) is 0 Å². The molecule has 0 aliphatic rings. The number of nitrogens with zero attached hydrogens (tertiary/aromatic N) is 1. The fourth-order valence-corrected chi connectivity index (χ4v) is 2.23. The van der Waals surface area contributed by atoms with Crippen LogP contribution in [0.5, 0.6) is 0 Å². The summed E-state index contributed by atoms with van der Waals surface area (Å²) < 4.78 is 0. The average Bonchev–Trinajstić information content (AvgIpc) is 2.26. The predicted octanol–water partition coefficient (Wildman–Crippen LogP) is 2.63. The van der Waals surface area contributed by atoms with Gasteiger partial charge in [-0.3, -0.25) is 0 Å². The second-order valence-corrected chi connectivity index (χ2v) is 4.46. The van der Waals surface area contributed by atoms with E-state index in [1.54, 1.807) is 11.8 Å². The van der Waals surface area contributed by atoms with Gasteiger partial charge < -0.3 is 5.11 Å². The lowest BCUT2D eigenvalue weighted by Gasteiger charge is -2.05. The van der Waals surface area contributed by atoms with Crippen molar-refractivity contribution in [2.24, 2.45) is 0 Å². The first kappa shape index (κ1) is 10.5. The number of benzene rings is 1. The standard InChI is InChI=1S/C12H13NOS/c1-9-8-10-4-2-3-5-11(10)13-12(9)15-7-6-14/h2-5,8,14H,6-7H2,1H3. The largest absolute Gasteiger partial charge is 0.396 e. The second kappa shape index (κ2) is 4.64. The molecule has 1 N–H and O–H groups in total. The fraction of sp³-hybridized carbons (Fsp3) is 0.250. The molecule has 15 heavy (non-hydrogen) atoms. The molecule has 2 aromatic rings. The highest BCUT2D eigenvalue weighted by Crippen LogP contribution is 2.23. The molecule has 0 unspecified atom stereocenters. The van der Waals surface area contributed by atoms with Gasteiger partial charge in [-0.15, -0.1) is 11.8 Å². The molecule has 0 saturated carbocycles. The highest BCUT2D eigenvalue weighted by molar-refractivity contribution is 7.99. The molecule has 0 aliphatic heterocycles. The maximum atomic E-state index is 8.78. The Balaban J connectivity index is 2.43. The van der Waals surface area contributed by atoms with Crippen LogP contribution in [0, 0.1) is 6.92 Å². The molecule has 2 rings (SSSR count). The summed E-state index contributed by atoms with van der Waals surface area (Å²) in [5.74, 6) is 0.701. The Morgan fingerprint density at radius 1 is 1.33 bits per heavy atom. The minimum absolute atomic E-state index is 0.193. The first-order chi connectivity index (χ1) is 7.31. The van der Waals surface area contributed by atoms with Crippen LogP contribution < -0.4 is 0 Å². The zero-order chi connectivity index (χ0) is 10.7. The molecular formula is C12H13NOS. The second-order valence-electron chi connectivity index (χ2n) is 3.38. The monoisotopic (exact) mass is 219 g/mol. The van der Waals surface area contributed by atoms with Gasteiger partial charge >= 0.3 is 0 Å². The lowest BCUT2D eigenvalue weighted by atomic mass is 10.2. The van der Waals surface area contributed by atoms with Crippen molar-refractivity contribution in [2.45, 2.75) is 11.9 Å². The number of aryl methyl sites for hydroxylation is 1. The average molecular weight is 219 g/mol. The van der Waals surface area contributed by atoms with E-state index in [4.69, 9.17) is 5.11 Å². The Hall–Kier alpha value is -1.06. The first-order valence-corrected chi connectivity index (χ1v) is 5.90. The van der Waals surface area contributed by atoms with Gasteiger partial charge in [0, 0.05) is 11.1 Å². The number of hydrogen-bond acceptors (Lipinski definition) is 3. The third kappa shape index (κ3) is 2.30. The number of hydrogen-bond donors (Lipinski definition) is 1. The van der Waals surface area contributed by atoms with E-state index in [1.165, 1.54) is 10.9 Å². The quantitative estimate of drug-likeness (QED) is 0.806. The molecule has 0 aliphatic carbocycles. The Morgan fingerprint density at radius 3 is 2.93 bits per heavy atom. The highest BCUT2D eigenvalue weighted by Gasteiger charge is 2.02. The van der Waals surface area contributed by atoms with E-state index in [-0.39, 0.29) is 6.61 Å². The van der Waals surface area contributed by atoms with Crippen molar-refractivity contribution in [1.82, 2.24) is 4.98 Å². The molecule has 1 aromatic heterocycles. The van der Waals surface area contributed by atoms with Crippen LogP contribution in [0.4, 0.5) is 0 Å². The fourth-order valence-electron chi connectivity index (χ4n) is 1.49. The van der Waals surface area contributed by atoms with Crippen molar-refractivity contribution in [1.29, 1.82) is 0 Å². The van der Waals surface area contributed by atoms with Crippen molar-refractivity contribution < 1.29 is 5.11 Å². The summed E-state index contributed by atoms with van der Waals surface area (Å²) in [6.45, 7) is 2.25. The van der Waals surface area contributed by atoms with Crippen LogP contribution in [-0.2, 0) is 0 Å². The molecule has 0 fully saturated rings. The predicted molar refractivity (Wildman–Crippen MR) is 64.3 cm³/mol. The summed E-state index contributed by atoms with van der Waals surface area (Å²) in [5.41, 5.74) is 2.19. The molecule has 0 atom stereocenters. The van der Waals surface area contributed by atoms with E-state index in [0.717, 1.165) is 10.5 Å². The Bertz CT molecular complexity index is 470. The number of thioether (sulfide) groups is 1. The van der Waals surface area contributed by atoms with Crippen LogP contribution in [-0.4, -0.2) is 22.5 Å². The molecule has 0 radical (unpaired) electrons. The van der Waals surface area contributed by atoms with Crippen LogP contribution in [0.1, 0.15) is 5.56 Å². The van der Waals surface area contributed by atoms with Crippen LogP contribution in [0.3, 0.4) is 0 Å². The van der Waals surface area contributed by atoms with Crippen LogP contribution in [0.25, 0.3) is 10.9 Å². The highest BCUT2D eigenvalue weighted by atomic mass is 32.2. The van der Waals surface area contributed by atoms with Gasteiger partial charge in [-0.2, -0.15) is 0 Å². The molecule has 1 heterocycles. The molecule has 0 bridgehead atoms. The Morgan fingerprint density at radius 2 is 2.13 bits per heavy atom. The summed E-state index contributed by atoms with van der Waals surface area (Å²) in [7, 11) is 0. The van der Waals surface area contributed by atoms with Crippen molar-refractivity contribution in [3.8, 4) is 0 Å². The van der Waals surface area contributed by atoms with E-state index in [9.17, 15) is 0 Å². The molecule has 78 valence electrons. The van der Waals surface area contributed by atoms with E-state index >= 15 is 0 Å². The third-order valence-corrected chi connectivity index (χ3v) is 3.27. The van der Waals surface area contributed by atoms with E-state index in [1.807, 2.05) is 18.2 Å². The Kier molecular flexibility index (Phi) is 3.23. The number of aliphatic hydroxyl groups is 1. The van der Waals surface area contributed by atoms with Crippen LogP contribution in [0.2, 0.25) is 0 Å². The zero-order valence-electron chi connectivity index (χ0n) is 8.60. The minimum atomic E-state index is 0.193. The van der Waals surface area contributed by atoms with Gasteiger partial charge in [0.15, 0.2) is 0 Å². The van der Waals surface area contributed by atoms with Gasteiger partial charge in [-0.05, 0) is 24.6 Å². The normalized spacial score (nSPS) is 10.8. The van der Waals surface area contributed by atoms with Gasteiger partial charge in [0.25, 0.3) is 0 Å². The number of rotatable bonds is 3. The summed E-state index contributed by atoms with van der Waals surface area (Å²) >= 11 is 1.60.